The second-order valence-electron chi connectivity index (χ2n) is 5.16. The largest absolute Gasteiger partial charge is 0.507 e. The van der Waals surface area contributed by atoms with Crippen molar-refractivity contribution in [2.45, 2.75) is 40.0 Å². The van der Waals surface area contributed by atoms with Gasteiger partial charge in [0.25, 0.3) is 0 Å². The molecule has 0 fully saturated rings. The third kappa shape index (κ3) is 2.68. The molecule has 0 spiro atoms. The van der Waals surface area contributed by atoms with Crippen molar-refractivity contribution < 1.29 is 15.3 Å². The van der Waals surface area contributed by atoms with Crippen molar-refractivity contribution in [2.75, 3.05) is 0 Å². The third-order valence-corrected chi connectivity index (χ3v) is 3.96. The summed E-state index contributed by atoms with van der Waals surface area (Å²) in [4.78, 5) is 0. The summed E-state index contributed by atoms with van der Waals surface area (Å²) >= 11 is 0. The minimum atomic E-state index is -0.172. The van der Waals surface area contributed by atoms with Crippen LogP contribution in [0.5, 0.6) is 17.2 Å². The molecule has 112 valence electrons. The molecule has 21 heavy (non-hydrogen) atoms. The third-order valence-electron chi connectivity index (χ3n) is 3.96. The highest BCUT2D eigenvalue weighted by Crippen LogP contribution is 2.41. The van der Waals surface area contributed by atoms with E-state index in [-0.39, 0.29) is 17.2 Å². The highest BCUT2D eigenvalue weighted by atomic mass is 16.3. The number of phenols is 3. The average Bonchev–Trinajstić information content (AvgIpc) is 2.49. The van der Waals surface area contributed by atoms with Crippen LogP contribution in [0, 0.1) is 0 Å². The van der Waals surface area contributed by atoms with E-state index >= 15 is 0 Å². The van der Waals surface area contributed by atoms with Gasteiger partial charge in [-0.2, -0.15) is 0 Å². The van der Waals surface area contributed by atoms with E-state index in [1.165, 1.54) is 17.7 Å². The lowest BCUT2D eigenvalue weighted by molar-refractivity contribution is 0.404. The Balaban J connectivity index is 2.78. The summed E-state index contributed by atoms with van der Waals surface area (Å²) in [6, 6.07) is 6.75. The highest BCUT2D eigenvalue weighted by molar-refractivity contribution is 5.78. The quantitative estimate of drug-likeness (QED) is 0.740. The van der Waals surface area contributed by atoms with Crippen LogP contribution >= 0.6 is 0 Å². The fourth-order valence-electron chi connectivity index (χ4n) is 2.81. The van der Waals surface area contributed by atoms with E-state index in [1.54, 1.807) is 6.07 Å². The second kappa shape index (κ2) is 6.08. The van der Waals surface area contributed by atoms with Crippen molar-refractivity contribution in [3.63, 3.8) is 0 Å². The molecule has 0 aromatic heterocycles. The normalized spacial score (nSPS) is 10.8. The topological polar surface area (TPSA) is 60.7 Å². The van der Waals surface area contributed by atoms with Gasteiger partial charge in [0.1, 0.15) is 5.75 Å². The van der Waals surface area contributed by atoms with Gasteiger partial charge in [0.15, 0.2) is 11.5 Å². The summed E-state index contributed by atoms with van der Waals surface area (Å²) < 4.78 is 0. The van der Waals surface area contributed by atoms with Crippen LogP contribution in [0.4, 0.5) is 0 Å². The number of aromatic hydroxyl groups is 3. The zero-order valence-corrected chi connectivity index (χ0v) is 12.8. The average molecular weight is 286 g/mol. The van der Waals surface area contributed by atoms with Crippen LogP contribution < -0.4 is 0 Å². The maximum atomic E-state index is 10.6. The van der Waals surface area contributed by atoms with E-state index in [0.717, 1.165) is 41.5 Å². The fraction of sp³-hybridized carbons (Fsp3) is 0.333. The number of hydrogen-bond donors (Lipinski definition) is 3. The maximum Gasteiger partial charge on any atom is 0.158 e. The lowest BCUT2D eigenvalue weighted by Gasteiger charge is -2.18. The van der Waals surface area contributed by atoms with E-state index in [0.29, 0.717) is 0 Å². The summed E-state index contributed by atoms with van der Waals surface area (Å²) in [5.74, 6) is -0.0517. The van der Waals surface area contributed by atoms with E-state index in [9.17, 15) is 15.3 Å². The Labute approximate surface area is 125 Å². The van der Waals surface area contributed by atoms with Crippen LogP contribution in [0.3, 0.4) is 0 Å². The van der Waals surface area contributed by atoms with Gasteiger partial charge in [-0.25, -0.2) is 0 Å². The molecule has 0 atom stereocenters. The van der Waals surface area contributed by atoms with E-state index in [2.05, 4.69) is 19.9 Å². The molecule has 3 N–H and O–H groups in total. The Kier molecular flexibility index (Phi) is 4.41. The second-order valence-corrected chi connectivity index (χ2v) is 5.16. The molecule has 2 aromatic carbocycles. The molecule has 0 bridgehead atoms. The van der Waals surface area contributed by atoms with Crippen LogP contribution in [-0.2, 0) is 19.3 Å². The summed E-state index contributed by atoms with van der Waals surface area (Å²) in [6.45, 7) is 6.17. The van der Waals surface area contributed by atoms with Crippen LogP contribution in [0.2, 0.25) is 0 Å². The first-order valence-corrected chi connectivity index (χ1v) is 7.42. The zero-order valence-electron chi connectivity index (χ0n) is 12.8. The van der Waals surface area contributed by atoms with Gasteiger partial charge >= 0.3 is 0 Å². The first-order valence-electron chi connectivity index (χ1n) is 7.42. The minimum absolute atomic E-state index is 0.154. The first kappa shape index (κ1) is 15.2. The summed E-state index contributed by atoms with van der Waals surface area (Å²) in [5.41, 5.74) is 4.72. The summed E-state index contributed by atoms with van der Waals surface area (Å²) in [5, 5.41) is 29.8. The lowest BCUT2D eigenvalue weighted by Crippen LogP contribution is -1.99. The molecule has 0 heterocycles. The SMILES string of the molecule is CCc1cc(CC)c(CC)c(-c2ccc(O)c(O)c2)c1O. The molecule has 0 saturated heterocycles. The smallest absolute Gasteiger partial charge is 0.158 e. The molecule has 0 aliphatic rings. The molecule has 0 aliphatic carbocycles. The Bertz CT molecular complexity index is 660. The Morgan fingerprint density at radius 3 is 1.95 bits per heavy atom. The number of phenolic OH excluding ortho intramolecular Hbond substituents is 3. The number of benzene rings is 2. The Morgan fingerprint density at radius 1 is 0.762 bits per heavy atom. The molecule has 2 rings (SSSR count). The van der Waals surface area contributed by atoms with Gasteiger partial charge in [-0.15, -0.1) is 0 Å². The van der Waals surface area contributed by atoms with E-state index in [1.807, 2.05) is 6.92 Å². The monoisotopic (exact) mass is 286 g/mol. The van der Waals surface area contributed by atoms with Crippen molar-refractivity contribution in [2.24, 2.45) is 0 Å². The highest BCUT2D eigenvalue weighted by Gasteiger charge is 2.17. The van der Waals surface area contributed by atoms with Crippen molar-refractivity contribution in [3.05, 3.63) is 41.0 Å². The van der Waals surface area contributed by atoms with Crippen molar-refractivity contribution in [3.8, 4) is 28.4 Å². The lowest BCUT2D eigenvalue weighted by atomic mass is 9.88. The Morgan fingerprint density at radius 2 is 1.43 bits per heavy atom. The predicted molar refractivity (Wildman–Crippen MR) is 85.0 cm³/mol. The van der Waals surface area contributed by atoms with Gasteiger partial charge in [-0.05, 0) is 53.6 Å². The zero-order chi connectivity index (χ0) is 15.6. The Hall–Kier alpha value is -2.16. The number of hydrogen-bond acceptors (Lipinski definition) is 3. The molecule has 2 aromatic rings. The molecule has 0 saturated carbocycles. The molecule has 0 radical (unpaired) electrons. The summed E-state index contributed by atoms with van der Waals surface area (Å²) in [6.07, 6.45) is 2.45. The molecule has 0 unspecified atom stereocenters. The number of aryl methyl sites for hydroxylation is 2. The first-order chi connectivity index (χ1) is 10.0. The van der Waals surface area contributed by atoms with Crippen LogP contribution in [0.15, 0.2) is 24.3 Å². The van der Waals surface area contributed by atoms with Crippen molar-refractivity contribution >= 4 is 0 Å². The van der Waals surface area contributed by atoms with Crippen molar-refractivity contribution in [1.29, 1.82) is 0 Å². The molecule has 3 heteroatoms. The number of rotatable bonds is 4. The van der Waals surface area contributed by atoms with Gasteiger partial charge in [0, 0.05) is 5.56 Å². The summed E-state index contributed by atoms with van der Waals surface area (Å²) in [7, 11) is 0. The van der Waals surface area contributed by atoms with Crippen LogP contribution in [0.1, 0.15) is 37.5 Å². The van der Waals surface area contributed by atoms with Gasteiger partial charge in [0.2, 0.25) is 0 Å². The van der Waals surface area contributed by atoms with Gasteiger partial charge in [-0.1, -0.05) is 32.9 Å². The van der Waals surface area contributed by atoms with E-state index in [4.69, 9.17) is 0 Å². The van der Waals surface area contributed by atoms with Gasteiger partial charge < -0.3 is 15.3 Å². The van der Waals surface area contributed by atoms with Gasteiger partial charge in [-0.3, -0.25) is 0 Å². The van der Waals surface area contributed by atoms with Crippen LogP contribution in [-0.4, -0.2) is 15.3 Å². The van der Waals surface area contributed by atoms with Crippen LogP contribution in [0.25, 0.3) is 11.1 Å². The molecule has 0 amide bonds. The standard InChI is InChI=1S/C18H22O3/c1-4-11-9-12(5-2)18(21)17(14(11)6-3)13-7-8-15(19)16(20)10-13/h7-10,19-21H,4-6H2,1-3H3. The van der Waals surface area contributed by atoms with Crippen molar-refractivity contribution in [1.82, 2.24) is 0 Å². The molecule has 0 aliphatic heterocycles. The van der Waals surface area contributed by atoms with Gasteiger partial charge in [0.05, 0.1) is 0 Å². The molecular weight excluding hydrogens is 264 g/mol. The van der Waals surface area contributed by atoms with E-state index < -0.39 is 0 Å². The molecule has 3 nitrogen and oxygen atoms in total. The predicted octanol–water partition coefficient (Wildman–Crippen LogP) is 4.16. The molecular formula is C18H22O3. The minimum Gasteiger partial charge on any atom is -0.507 e. The fourth-order valence-corrected chi connectivity index (χ4v) is 2.81. The maximum absolute atomic E-state index is 10.6.